The van der Waals surface area contributed by atoms with E-state index in [1.807, 2.05) is 0 Å². The summed E-state index contributed by atoms with van der Waals surface area (Å²) in [5.74, 6) is 0.863. The highest BCUT2D eigenvalue weighted by molar-refractivity contribution is 7.41. The van der Waals surface area contributed by atoms with Crippen LogP contribution in [0.5, 0.6) is 5.75 Å². The molecule has 7 nitrogen and oxygen atoms in total. The molecule has 0 aromatic heterocycles. The molecule has 0 radical (unpaired) electrons. The fourth-order valence-electron chi connectivity index (χ4n) is 12.1. The van der Waals surface area contributed by atoms with E-state index in [9.17, 15) is 0 Å². The Balaban J connectivity index is 2.93. The Morgan fingerprint density at radius 3 is 0.827 bits per heavy atom. The van der Waals surface area contributed by atoms with E-state index in [0.29, 0.717) is 62.7 Å². The first kappa shape index (κ1) is 75.0. The number of hydrogen-bond acceptors (Lipinski definition) is 7. The van der Waals surface area contributed by atoms with Gasteiger partial charge in [0.05, 0.1) is 23.3 Å². The van der Waals surface area contributed by atoms with E-state index in [1.54, 1.807) is 7.11 Å². The van der Waals surface area contributed by atoms with Crippen molar-refractivity contribution in [3.63, 3.8) is 0 Å². The first-order valence-corrected chi connectivity index (χ1v) is 46.5. The predicted molar refractivity (Wildman–Crippen MR) is 352 cm³/mol. The Kier molecular flexibility index (Phi) is 39.5. The van der Waals surface area contributed by atoms with Crippen molar-refractivity contribution >= 4 is 75.1 Å². The topological polar surface area (TPSA) is 112 Å². The quantitative estimate of drug-likeness (QED) is 0.0368. The third kappa shape index (κ3) is 25.8. The molecular formula is C69H120IO7Si4+. The van der Waals surface area contributed by atoms with Crippen LogP contribution in [0.3, 0.4) is 0 Å². The molecule has 0 atom stereocenters. The van der Waals surface area contributed by atoms with Crippen molar-refractivity contribution in [2.45, 2.75) is 323 Å². The Bertz CT molecular complexity index is 1870. The molecule has 12 heteroatoms. The summed E-state index contributed by atoms with van der Waals surface area (Å²) in [5, 5.41) is 2.25. The maximum atomic E-state index is 15.2. The van der Waals surface area contributed by atoms with Gasteiger partial charge in [-0.1, -0.05) is 252 Å². The van der Waals surface area contributed by atoms with Crippen LogP contribution in [0.15, 0.2) is 42.5 Å². The number of unbranched alkanes of at least 4 members (excludes halogenated alkanes) is 24. The molecule has 81 heavy (non-hydrogen) atoms. The highest BCUT2D eigenvalue weighted by Gasteiger charge is 2.56. The molecule has 2 aromatic rings. The number of carbonyl (C=O) groups excluding carboxylic acids is 6. The number of benzene rings is 2. The van der Waals surface area contributed by atoms with Crippen molar-refractivity contribution in [3.05, 3.63) is 49.6 Å². The van der Waals surface area contributed by atoms with E-state index >= 15 is 28.8 Å². The molecule has 0 N–H and O–H groups in total. The van der Waals surface area contributed by atoms with Crippen molar-refractivity contribution < 1.29 is 54.7 Å². The van der Waals surface area contributed by atoms with Crippen LogP contribution in [0.25, 0.3) is 0 Å². The van der Waals surface area contributed by atoms with Crippen molar-refractivity contribution in [1.82, 2.24) is 0 Å². The van der Waals surface area contributed by atoms with Gasteiger partial charge in [-0.05, 0) is 85.3 Å². The average Bonchev–Trinajstić information content (AvgIpc) is 3.46. The molecule has 0 saturated heterocycles. The van der Waals surface area contributed by atoms with Gasteiger partial charge < -0.3 is 33.5 Å². The lowest BCUT2D eigenvalue weighted by molar-refractivity contribution is -0.597. The van der Waals surface area contributed by atoms with Crippen LogP contribution in [0, 0.1) is 7.14 Å². The molecule has 2 aromatic carbocycles. The molecule has 0 aliphatic heterocycles. The number of ether oxygens (including phenoxy) is 1. The second kappa shape index (κ2) is 42.6. The Morgan fingerprint density at radius 2 is 0.593 bits per heavy atom. The van der Waals surface area contributed by atoms with Gasteiger partial charge in [0.2, 0.25) is 0 Å². The lowest BCUT2D eigenvalue weighted by Crippen LogP contribution is -3.61. The van der Waals surface area contributed by atoms with Crippen molar-refractivity contribution in [2.24, 2.45) is 0 Å². The van der Waals surface area contributed by atoms with Crippen LogP contribution in [0.1, 0.15) is 273 Å². The number of carbonyl (C=O) groups is 6. The number of rotatable bonds is 53. The third-order valence-electron chi connectivity index (χ3n) is 17.8. The largest absolute Gasteiger partial charge is 0.497 e. The molecule has 0 unspecified atom stereocenters. The number of methoxy groups -OCH3 is 1. The second-order valence-corrected chi connectivity index (χ2v) is 46.1. The van der Waals surface area contributed by atoms with Gasteiger partial charge in [0.25, 0.3) is 16.1 Å². The Labute approximate surface area is 511 Å². The van der Waals surface area contributed by atoms with Crippen molar-refractivity contribution in [3.8, 4) is 5.75 Å². The minimum Gasteiger partial charge on any atom is -0.497 e. The molecule has 0 fully saturated rings. The molecule has 0 aliphatic rings. The summed E-state index contributed by atoms with van der Waals surface area (Å²) in [4.78, 5) is 91.3. The minimum atomic E-state index is -3.82. The van der Waals surface area contributed by atoms with Crippen LogP contribution in [0.2, 0.25) is 50.4 Å². The summed E-state index contributed by atoms with van der Waals surface area (Å²) in [6.07, 6.45) is 31.6. The van der Waals surface area contributed by atoms with E-state index in [1.165, 1.54) is 17.5 Å². The van der Waals surface area contributed by atoms with Gasteiger partial charge in [-0.2, -0.15) is 0 Å². The maximum Gasteiger partial charge on any atom is 0.357 e. The molecule has 0 spiro atoms. The average molecular weight is 1300 g/mol. The first-order chi connectivity index (χ1) is 38.9. The standard InChI is InChI=1S/C69H120IO7Si4/c1-12-18-24-30-39-47-63(71)80(64(72)48-40-31-25-19-13-2,65(73)49-41-32-26-20-14-3)55-53-78(8,9)61-57-60(70-59-45-37-36-38-46-59)58-62(69(61)77-7)79(10,11)54-56-81(66(74)50-42-33-27-21-15-4,67(75)51-43-34-28-22-16-5)68(76)52-44-35-29-23-17-6/h36-38,45-46,57-58H,12-35,39-44,47-56H2,1-11H3/q+1. The van der Waals surface area contributed by atoms with E-state index in [4.69, 9.17) is 4.74 Å². The molecule has 460 valence electrons. The van der Waals surface area contributed by atoms with Crippen molar-refractivity contribution in [1.29, 1.82) is 0 Å². The summed E-state index contributed by atoms with van der Waals surface area (Å²) in [5.41, 5.74) is 0. The minimum absolute atomic E-state index is 0.0139. The highest BCUT2D eigenvalue weighted by atomic mass is 127. The fraction of sp³-hybridized carbons (Fsp3) is 0.739. The lowest BCUT2D eigenvalue weighted by Gasteiger charge is -2.35. The van der Waals surface area contributed by atoms with Gasteiger partial charge in [0.1, 0.15) is 38.2 Å². The third-order valence-corrected chi connectivity index (χ3v) is 37.3. The molecule has 2 rings (SSSR count). The zero-order chi connectivity index (χ0) is 60.0. The van der Waals surface area contributed by atoms with Gasteiger partial charge in [-0.3, -0.25) is 0 Å². The van der Waals surface area contributed by atoms with Crippen LogP contribution in [-0.2, 0) is 28.8 Å². The highest BCUT2D eigenvalue weighted by Crippen LogP contribution is 2.33. The van der Waals surface area contributed by atoms with E-state index in [0.717, 1.165) is 198 Å². The van der Waals surface area contributed by atoms with Crippen LogP contribution in [-0.4, -0.2) is 71.8 Å². The zero-order valence-electron chi connectivity index (χ0n) is 54.1. The molecule has 0 amide bonds. The van der Waals surface area contributed by atoms with E-state index < -0.39 is 53.5 Å². The molecular weight excluding hydrogens is 1180 g/mol. The molecule has 0 heterocycles. The molecule has 0 bridgehead atoms. The van der Waals surface area contributed by atoms with E-state index in [2.05, 4.69) is 110 Å². The zero-order valence-corrected chi connectivity index (χ0v) is 60.2. The Morgan fingerprint density at radius 1 is 0.346 bits per heavy atom. The van der Waals surface area contributed by atoms with Crippen LogP contribution < -0.4 is 36.3 Å². The van der Waals surface area contributed by atoms with Gasteiger partial charge in [-0.15, -0.1) is 0 Å². The SMILES string of the molecule is CCCCCCCC(=O)[Si](CC[Si](C)(C)c1cc([I+]c2ccccc2)cc([Si](C)(C)CC[Si](C(=O)CCCCCCC)(C(=O)CCCCCCC)C(=O)CCCCCCC)c1OC)(C(=O)CCCCCCC)C(=O)CCCCCCC. The lowest BCUT2D eigenvalue weighted by atomic mass is 10.1. The summed E-state index contributed by atoms with van der Waals surface area (Å²) in [6.45, 7) is 22.6. The summed E-state index contributed by atoms with van der Waals surface area (Å²) in [7, 11) is -11.2. The monoisotopic (exact) mass is 1300 g/mol. The predicted octanol–water partition coefficient (Wildman–Crippen LogP) is 15.4. The number of halogens is 1. The smallest absolute Gasteiger partial charge is 0.357 e. The van der Waals surface area contributed by atoms with Gasteiger partial charge >= 0.3 is 21.2 Å². The second-order valence-electron chi connectivity index (χ2n) is 25.5. The van der Waals surface area contributed by atoms with E-state index in [-0.39, 0.29) is 32.4 Å². The van der Waals surface area contributed by atoms with Gasteiger partial charge in [-0.25, -0.2) is 0 Å². The fourth-order valence-corrected chi connectivity index (χ4v) is 33.8. The van der Waals surface area contributed by atoms with Gasteiger partial charge in [0, 0.05) is 38.5 Å². The summed E-state index contributed by atoms with van der Waals surface area (Å²) in [6, 6.07) is 17.5. The summed E-state index contributed by atoms with van der Waals surface area (Å²) < 4.78 is 9.28. The van der Waals surface area contributed by atoms with Gasteiger partial charge in [0.15, 0.2) is 7.14 Å². The first-order valence-electron chi connectivity index (χ1n) is 33.6. The van der Waals surface area contributed by atoms with Crippen LogP contribution in [0.4, 0.5) is 0 Å². The maximum absolute atomic E-state index is 15.2. The molecule has 0 aliphatic carbocycles. The Hall–Kier alpha value is -2.14. The number of hydrogen-bond donors (Lipinski definition) is 0. The molecule has 0 saturated carbocycles. The summed E-state index contributed by atoms with van der Waals surface area (Å²) >= 11 is -0.640. The van der Waals surface area contributed by atoms with Crippen LogP contribution >= 0.6 is 0 Å². The normalized spacial score (nSPS) is 12.2. The van der Waals surface area contributed by atoms with Crippen molar-refractivity contribution in [2.75, 3.05) is 7.11 Å².